The molecule has 0 spiro atoms. The van der Waals surface area contributed by atoms with E-state index in [0.717, 1.165) is 78.8 Å². The second-order valence-electron chi connectivity index (χ2n) is 21.4. The van der Waals surface area contributed by atoms with E-state index < -0.39 is 57.2 Å². The molecule has 14 nitrogen and oxygen atoms in total. The van der Waals surface area contributed by atoms with Crippen LogP contribution in [0.25, 0.3) is 16.9 Å². The summed E-state index contributed by atoms with van der Waals surface area (Å²) >= 11 is 0. The molecule has 0 saturated heterocycles. The zero-order valence-electron chi connectivity index (χ0n) is 47.5. The molecule has 1 heterocycles. The molecule has 0 aliphatic rings. The molecule has 18 heteroatoms. The van der Waals surface area contributed by atoms with Gasteiger partial charge >= 0.3 is 30.1 Å². The number of sulfonamides is 1. The van der Waals surface area contributed by atoms with Crippen molar-refractivity contribution < 1.29 is 64.5 Å². The van der Waals surface area contributed by atoms with Gasteiger partial charge in [-0.2, -0.15) is 18.3 Å². The average molecular weight is 1120 g/mol. The highest BCUT2D eigenvalue weighted by Crippen LogP contribution is 2.39. The van der Waals surface area contributed by atoms with Crippen LogP contribution in [0.4, 0.5) is 13.2 Å². The van der Waals surface area contributed by atoms with Crippen molar-refractivity contribution in [3.05, 3.63) is 94.7 Å². The van der Waals surface area contributed by atoms with Crippen molar-refractivity contribution in [2.24, 2.45) is 0 Å². The zero-order chi connectivity index (χ0) is 58.0. The number of hydrogen-bond donors (Lipinski definition) is 1. The van der Waals surface area contributed by atoms with Crippen molar-refractivity contribution in [3.8, 4) is 22.7 Å². The van der Waals surface area contributed by atoms with Crippen LogP contribution in [0.5, 0.6) is 5.75 Å². The number of amides is 1. The first kappa shape index (κ1) is 65.5. The van der Waals surface area contributed by atoms with Crippen LogP contribution in [-0.4, -0.2) is 67.3 Å². The van der Waals surface area contributed by atoms with Gasteiger partial charge in [-0.25, -0.2) is 17.8 Å². The number of nitrogens with zero attached hydrogens (tertiary/aromatic N) is 2. The highest BCUT2D eigenvalue weighted by molar-refractivity contribution is 7.90. The number of rotatable bonds is 36. The van der Waals surface area contributed by atoms with Gasteiger partial charge in [-0.05, 0) is 87.6 Å². The fraction of sp³-hybridized carbons (Fsp3) is 0.574. The molecule has 4 rings (SSSR count). The quantitative estimate of drug-likeness (QED) is 0.0197. The van der Waals surface area contributed by atoms with E-state index in [2.05, 4.69) is 16.7 Å². The average Bonchev–Trinajstić information content (AvgIpc) is 3.85. The Morgan fingerprint density at radius 1 is 0.633 bits per heavy atom. The predicted molar refractivity (Wildman–Crippen MR) is 298 cm³/mol. The van der Waals surface area contributed by atoms with E-state index >= 15 is 0 Å². The standard InChI is InChI=1S/C61H84F3N3O11S/c1-8-9-10-11-12-13-14-15-16-17-18-21-24-27-56(70)76-43-50(42-75-47(5)68)77-57(71)28-25-22-19-20-23-26-29-58(72)78-53-39-45(3)38-46(4)59(53)60(6,7)41-55(69)66-79(73,74)51-36-34-49(35-37-51)67-52(40-54(65-67)61(62,63)64)48-32-30-44(2)31-33-48/h30-40,50H,8-29,41-43H2,1-7H3,(H,66,69). The first-order valence-corrected chi connectivity index (χ1v) is 29.7. The first-order valence-electron chi connectivity index (χ1n) is 28.2. The van der Waals surface area contributed by atoms with Gasteiger partial charge in [0.2, 0.25) is 5.91 Å². The van der Waals surface area contributed by atoms with Crippen LogP contribution in [0.1, 0.15) is 203 Å². The van der Waals surface area contributed by atoms with E-state index in [9.17, 15) is 45.6 Å². The summed E-state index contributed by atoms with van der Waals surface area (Å²) in [5.41, 5.74) is 1.67. The maximum atomic E-state index is 13.8. The van der Waals surface area contributed by atoms with Crippen LogP contribution in [0, 0.1) is 20.8 Å². The third kappa shape index (κ3) is 23.7. The lowest BCUT2D eigenvalue weighted by molar-refractivity contribution is -0.166. The second-order valence-corrected chi connectivity index (χ2v) is 23.1. The molecule has 0 radical (unpaired) electrons. The predicted octanol–water partition coefficient (Wildman–Crippen LogP) is 14.2. The number of aryl methyl sites for hydroxylation is 3. The van der Waals surface area contributed by atoms with Crippen molar-refractivity contribution in [1.29, 1.82) is 0 Å². The van der Waals surface area contributed by atoms with E-state index in [4.69, 9.17) is 18.9 Å². The highest BCUT2D eigenvalue weighted by atomic mass is 32.2. The summed E-state index contributed by atoms with van der Waals surface area (Å²) in [6.07, 6.45) is 14.4. The summed E-state index contributed by atoms with van der Waals surface area (Å²) in [5, 5.41) is 3.78. The lowest BCUT2D eigenvalue weighted by Gasteiger charge is -2.29. The van der Waals surface area contributed by atoms with Crippen molar-refractivity contribution in [2.45, 2.75) is 219 Å². The zero-order valence-corrected chi connectivity index (χ0v) is 48.3. The Balaban J connectivity index is 1.17. The van der Waals surface area contributed by atoms with Gasteiger partial charge in [-0.3, -0.25) is 24.0 Å². The van der Waals surface area contributed by atoms with Crippen molar-refractivity contribution in [2.75, 3.05) is 13.2 Å². The first-order chi connectivity index (χ1) is 37.5. The maximum absolute atomic E-state index is 13.8. The van der Waals surface area contributed by atoms with Crippen LogP contribution < -0.4 is 9.46 Å². The number of carbonyl (C=O) groups is 5. The van der Waals surface area contributed by atoms with Gasteiger partial charge < -0.3 is 18.9 Å². The number of unbranched alkanes of at least 4 members (excludes halogenated alkanes) is 17. The molecule has 1 amide bonds. The molecule has 4 aromatic rings. The second kappa shape index (κ2) is 32.9. The Morgan fingerprint density at radius 2 is 1.14 bits per heavy atom. The minimum atomic E-state index is -4.73. The van der Waals surface area contributed by atoms with Crippen LogP contribution in [0.3, 0.4) is 0 Å². The van der Waals surface area contributed by atoms with Gasteiger partial charge in [0.25, 0.3) is 10.0 Å². The minimum absolute atomic E-state index is 0.127. The molecule has 79 heavy (non-hydrogen) atoms. The largest absolute Gasteiger partial charge is 0.462 e. The van der Waals surface area contributed by atoms with Gasteiger partial charge in [-0.1, -0.05) is 159 Å². The van der Waals surface area contributed by atoms with E-state index in [1.807, 2.05) is 26.8 Å². The number of benzene rings is 3. The number of esters is 4. The molecule has 0 aliphatic carbocycles. The number of nitrogens with one attached hydrogen (secondary N) is 1. The molecule has 0 aliphatic heterocycles. The van der Waals surface area contributed by atoms with E-state index in [1.54, 1.807) is 44.2 Å². The van der Waals surface area contributed by atoms with Crippen molar-refractivity contribution >= 4 is 39.8 Å². The van der Waals surface area contributed by atoms with E-state index in [1.165, 1.54) is 89.0 Å². The summed E-state index contributed by atoms with van der Waals surface area (Å²) in [5.74, 6) is -2.43. The summed E-state index contributed by atoms with van der Waals surface area (Å²) in [7, 11) is -4.43. The fourth-order valence-electron chi connectivity index (χ4n) is 9.56. The van der Waals surface area contributed by atoms with Crippen molar-refractivity contribution in [1.82, 2.24) is 14.5 Å². The molecule has 0 saturated carbocycles. The number of halogens is 3. The molecule has 1 unspecified atom stereocenters. The number of alkyl halides is 3. The molecular formula is C61H84F3N3O11S. The minimum Gasteiger partial charge on any atom is -0.462 e. The Bertz CT molecular complexity index is 2680. The Morgan fingerprint density at radius 3 is 1.67 bits per heavy atom. The van der Waals surface area contributed by atoms with E-state index in [0.29, 0.717) is 24.0 Å². The molecular weight excluding hydrogens is 1040 g/mol. The third-order valence-electron chi connectivity index (χ3n) is 13.6. The number of carbonyl (C=O) groups excluding carboxylic acids is 5. The lowest BCUT2D eigenvalue weighted by atomic mass is 9.78. The summed E-state index contributed by atoms with van der Waals surface area (Å²) in [6.45, 7) is 12.1. The van der Waals surface area contributed by atoms with E-state index in [-0.39, 0.29) is 66.9 Å². The smallest absolute Gasteiger partial charge is 0.435 e. The Labute approximate surface area is 466 Å². The molecule has 1 N–H and O–H groups in total. The van der Waals surface area contributed by atoms with Crippen LogP contribution in [0.2, 0.25) is 0 Å². The summed E-state index contributed by atoms with van der Waals surface area (Å²) in [6, 6.07) is 16.3. The van der Waals surface area contributed by atoms with Gasteiger partial charge in [0.15, 0.2) is 11.8 Å². The van der Waals surface area contributed by atoms with Gasteiger partial charge in [-0.15, -0.1) is 0 Å². The SMILES string of the molecule is CCCCCCCCCCCCCCCC(=O)OCC(COC(C)=O)OC(=O)CCCCCCCCC(=O)Oc1cc(C)cc(C)c1C(C)(C)CC(=O)NS(=O)(=O)c1ccc(-n2nc(C(F)(F)F)cc2-c2ccc(C)cc2)cc1. The molecule has 0 fully saturated rings. The number of ether oxygens (including phenoxy) is 4. The topological polar surface area (TPSA) is 186 Å². The molecule has 0 bridgehead atoms. The van der Waals surface area contributed by atoms with Gasteiger partial charge in [0.1, 0.15) is 19.0 Å². The number of hydrogen-bond acceptors (Lipinski definition) is 12. The normalized spacial score (nSPS) is 12.2. The fourth-order valence-corrected chi connectivity index (χ4v) is 10.5. The molecule has 436 valence electrons. The van der Waals surface area contributed by atoms with Gasteiger partial charge in [0, 0.05) is 49.1 Å². The van der Waals surface area contributed by atoms with Crippen LogP contribution in [0.15, 0.2) is 71.6 Å². The summed E-state index contributed by atoms with van der Waals surface area (Å²) in [4.78, 5) is 63.0. The summed E-state index contributed by atoms with van der Waals surface area (Å²) < 4.78 is 93.3. The van der Waals surface area contributed by atoms with Crippen LogP contribution in [-0.2, 0) is 59.8 Å². The monoisotopic (exact) mass is 1120 g/mol. The van der Waals surface area contributed by atoms with Gasteiger partial charge in [0.05, 0.1) is 16.3 Å². The lowest BCUT2D eigenvalue weighted by Crippen LogP contribution is -2.35. The Kier molecular flexibility index (Phi) is 27.3. The highest BCUT2D eigenvalue weighted by Gasteiger charge is 2.36. The molecule has 1 aromatic heterocycles. The van der Waals surface area contributed by atoms with Crippen molar-refractivity contribution in [3.63, 3.8) is 0 Å². The Hall–Kier alpha value is -6.04. The molecule has 3 aromatic carbocycles. The maximum Gasteiger partial charge on any atom is 0.435 e. The molecule has 1 atom stereocenters. The van der Waals surface area contributed by atoms with Crippen LogP contribution >= 0.6 is 0 Å². The number of aromatic nitrogens is 2. The third-order valence-corrected chi connectivity index (χ3v) is 15.0.